The van der Waals surface area contributed by atoms with E-state index in [2.05, 4.69) is 22.8 Å². The van der Waals surface area contributed by atoms with Gasteiger partial charge in [-0.2, -0.15) is 0 Å². The first-order valence-electron chi connectivity index (χ1n) is 8.03. The van der Waals surface area contributed by atoms with E-state index in [9.17, 15) is 4.79 Å². The van der Waals surface area contributed by atoms with Crippen molar-refractivity contribution in [2.45, 2.75) is 19.4 Å². The molecule has 1 aliphatic carbocycles. The zero-order valence-electron chi connectivity index (χ0n) is 14.3. The molecule has 1 aliphatic heterocycles. The van der Waals surface area contributed by atoms with Crippen molar-refractivity contribution in [3.8, 4) is 0 Å². The molecule has 1 aromatic rings. The largest absolute Gasteiger partial charge is 0.400 e. The molecule has 0 radical (unpaired) electrons. The Hall–Kier alpha value is -2.50. The SMILES string of the molecule is CC1=C(C(=O)c2ccccc2)C(C2=CCC=CC=C2)NC(=S)N1.CO. The van der Waals surface area contributed by atoms with Crippen molar-refractivity contribution in [2.75, 3.05) is 7.11 Å². The molecule has 0 saturated carbocycles. The zero-order chi connectivity index (χ0) is 18.2. The smallest absolute Gasteiger partial charge is 0.193 e. The fourth-order valence-electron chi connectivity index (χ4n) is 2.80. The lowest BCUT2D eigenvalue weighted by Gasteiger charge is -2.31. The van der Waals surface area contributed by atoms with Gasteiger partial charge in [0.1, 0.15) is 0 Å². The van der Waals surface area contributed by atoms with Gasteiger partial charge in [-0.25, -0.2) is 0 Å². The number of benzene rings is 1. The second kappa shape index (κ2) is 9.11. The van der Waals surface area contributed by atoms with Gasteiger partial charge >= 0.3 is 0 Å². The van der Waals surface area contributed by atoms with Crippen molar-refractivity contribution in [3.05, 3.63) is 83.1 Å². The lowest BCUT2D eigenvalue weighted by molar-refractivity contribution is 0.102. The van der Waals surface area contributed by atoms with Crippen LogP contribution in [0.3, 0.4) is 0 Å². The summed E-state index contributed by atoms with van der Waals surface area (Å²) in [7, 11) is 1.00. The molecule has 0 spiro atoms. The third-order valence-corrected chi connectivity index (χ3v) is 4.13. The summed E-state index contributed by atoms with van der Waals surface area (Å²) in [6, 6.07) is 9.11. The Kier molecular flexibility index (Phi) is 6.86. The van der Waals surface area contributed by atoms with E-state index in [0.29, 0.717) is 16.2 Å². The van der Waals surface area contributed by atoms with Gasteiger partial charge in [0.05, 0.1) is 6.04 Å². The number of aliphatic hydroxyl groups excluding tert-OH is 1. The lowest BCUT2D eigenvalue weighted by atomic mass is 9.89. The molecule has 25 heavy (non-hydrogen) atoms. The van der Waals surface area contributed by atoms with Gasteiger partial charge in [0.25, 0.3) is 0 Å². The lowest BCUT2D eigenvalue weighted by Crippen LogP contribution is -2.50. The van der Waals surface area contributed by atoms with E-state index >= 15 is 0 Å². The van der Waals surface area contributed by atoms with Crippen LogP contribution in [-0.2, 0) is 0 Å². The van der Waals surface area contributed by atoms with E-state index in [1.165, 1.54) is 0 Å². The molecule has 1 atom stereocenters. The van der Waals surface area contributed by atoms with Crippen LogP contribution in [0.5, 0.6) is 0 Å². The normalized spacial score (nSPS) is 19.1. The highest BCUT2D eigenvalue weighted by atomic mass is 32.1. The maximum absolute atomic E-state index is 13.0. The van der Waals surface area contributed by atoms with Crippen LogP contribution < -0.4 is 10.6 Å². The summed E-state index contributed by atoms with van der Waals surface area (Å²) in [6.07, 6.45) is 11.1. The van der Waals surface area contributed by atoms with E-state index in [0.717, 1.165) is 24.8 Å². The molecular weight excluding hydrogens is 332 g/mol. The maximum atomic E-state index is 13.0. The number of thiocarbonyl (C=S) groups is 1. The van der Waals surface area contributed by atoms with Gasteiger partial charge in [-0.15, -0.1) is 0 Å². The monoisotopic (exact) mass is 354 g/mol. The second-order valence-electron chi connectivity index (χ2n) is 5.49. The average molecular weight is 354 g/mol. The van der Waals surface area contributed by atoms with Gasteiger partial charge in [0.15, 0.2) is 10.9 Å². The summed E-state index contributed by atoms with van der Waals surface area (Å²) in [6.45, 7) is 1.90. The number of nitrogens with one attached hydrogen (secondary N) is 2. The first kappa shape index (κ1) is 18.8. The van der Waals surface area contributed by atoms with Gasteiger partial charge in [-0.05, 0) is 31.1 Å². The minimum absolute atomic E-state index is 0.0158. The number of aliphatic hydroxyl groups is 1. The second-order valence-corrected chi connectivity index (χ2v) is 5.90. The van der Waals surface area contributed by atoms with Crippen molar-refractivity contribution in [3.63, 3.8) is 0 Å². The fraction of sp³-hybridized carbons (Fsp3) is 0.200. The highest BCUT2D eigenvalue weighted by molar-refractivity contribution is 7.80. The van der Waals surface area contributed by atoms with Crippen molar-refractivity contribution >= 4 is 23.1 Å². The number of hydrogen-bond acceptors (Lipinski definition) is 3. The molecule has 0 fully saturated rings. The highest BCUT2D eigenvalue weighted by Gasteiger charge is 2.30. The predicted octanol–water partition coefficient (Wildman–Crippen LogP) is 3.04. The van der Waals surface area contributed by atoms with Crippen LogP contribution >= 0.6 is 12.2 Å². The van der Waals surface area contributed by atoms with Crippen LogP contribution in [0.1, 0.15) is 23.7 Å². The average Bonchev–Trinajstić information content (AvgIpc) is 2.92. The Labute approximate surface area is 153 Å². The first-order chi connectivity index (χ1) is 12.2. The van der Waals surface area contributed by atoms with Gasteiger partial charge in [0, 0.05) is 23.9 Å². The Bertz CT molecular complexity index is 761. The van der Waals surface area contributed by atoms with Crippen LogP contribution in [0, 0.1) is 0 Å². The molecule has 1 aromatic carbocycles. The molecule has 5 heteroatoms. The van der Waals surface area contributed by atoms with E-state index < -0.39 is 0 Å². The summed E-state index contributed by atoms with van der Waals surface area (Å²) in [4.78, 5) is 13.0. The number of hydrogen-bond donors (Lipinski definition) is 3. The molecule has 0 aromatic heterocycles. The van der Waals surface area contributed by atoms with E-state index in [1.807, 2.05) is 55.5 Å². The molecule has 1 unspecified atom stereocenters. The quantitative estimate of drug-likeness (QED) is 0.575. The highest BCUT2D eigenvalue weighted by Crippen LogP contribution is 2.24. The van der Waals surface area contributed by atoms with Crippen LogP contribution in [0.25, 0.3) is 0 Å². The number of carbonyl (C=O) groups is 1. The Morgan fingerprint density at radius 3 is 2.64 bits per heavy atom. The number of ketones is 1. The van der Waals surface area contributed by atoms with Crippen LogP contribution in [-0.4, -0.2) is 29.2 Å². The predicted molar refractivity (Wildman–Crippen MR) is 105 cm³/mol. The molecule has 0 bridgehead atoms. The van der Waals surface area contributed by atoms with Crippen molar-refractivity contribution in [1.82, 2.24) is 10.6 Å². The standard InChI is InChI=1S/C19H18N2OS.CH4O/c1-13-16(18(22)15-11-7-4-8-12-15)17(21-19(23)20-13)14-9-5-2-3-6-10-14;1-2/h2-5,7-12,17H,6H2,1H3,(H2,20,21,23);2H,1H3. The summed E-state index contributed by atoms with van der Waals surface area (Å²) in [5.74, 6) is 0.0158. The molecule has 1 heterocycles. The molecule has 130 valence electrons. The fourth-order valence-corrected chi connectivity index (χ4v) is 3.07. The van der Waals surface area contributed by atoms with E-state index in [1.54, 1.807) is 0 Å². The van der Waals surface area contributed by atoms with Gasteiger partial charge in [0.2, 0.25) is 0 Å². The third kappa shape index (κ3) is 4.53. The summed E-state index contributed by atoms with van der Waals surface area (Å²) >= 11 is 5.28. The molecule has 4 nitrogen and oxygen atoms in total. The number of Topliss-reactive ketones (excluding diaryl/α,β-unsaturated/α-hetero) is 1. The number of carbonyl (C=O) groups excluding carboxylic acids is 1. The first-order valence-corrected chi connectivity index (χ1v) is 8.43. The molecule has 3 N–H and O–H groups in total. The van der Waals surface area contributed by atoms with Crippen LogP contribution in [0.4, 0.5) is 0 Å². The van der Waals surface area contributed by atoms with Crippen LogP contribution in [0.15, 0.2) is 77.6 Å². The molecule has 0 saturated heterocycles. The van der Waals surface area contributed by atoms with Gasteiger partial charge in [-0.1, -0.05) is 60.7 Å². The van der Waals surface area contributed by atoms with Gasteiger partial charge < -0.3 is 15.7 Å². The molecule has 3 rings (SSSR count). The molecular formula is C20H22N2O2S. The van der Waals surface area contributed by atoms with Crippen LogP contribution in [0.2, 0.25) is 0 Å². The topological polar surface area (TPSA) is 61.4 Å². The van der Waals surface area contributed by atoms with E-state index in [4.69, 9.17) is 17.3 Å². The Morgan fingerprint density at radius 1 is 1.20 bits per heavy atom. The van der Waals surface area contributed by atoms with E-state index in [-0.39, 0.29) is 11.8 Å². The van der Waals surface area contributed by atoms with Crippen molar-refractivity contribution in [1.29, 1.82) is 0 Å². The molecule has 0 amide bonds. The number of rotatable bonds is 3. The zero-order valence-corrected chi connectivity index (χ0v) is 15.1. The minimum Gasteiger partial charge on any atom is -0.400 e. The number of allylic oxidation sites excluding steroid dienone is 5. The summed E-state index contributed by atoms with van der Waals surface area (Å²) in [5, 5.41) is 13.9. The summed E-state index contributed by atoms with van der Waals surface area (Å²) in [5.41, 5.74) is 3.25. The van der Waals surface area contributed by atoms with Gasteiger partial charge in [-0.3, -0.25) is 4.79 Å². The van der Waals surface area contributed by atoms with Crippen molar-refractivity contribution in [2.24, 2.45) is 0 Å². The van der Waals surface area contributed by atoms with Crippen molar-refractivity contribution < 1.29 is 9.90 Å². The maximum Gasteiger partial charge on any atom is 0.193 e. The minimum atomic E-state index is -0.229. The third-order valence-electron chi connectivity index (χ3n) is 3.91. The Morgan fingerprint density at radius 2 is 1.92 bits per heavy atom. The Balaban J connectivity index is 0.00000109. The summed E-state index contributed by atoms with van der Waals surface area (Å²) < 4.78 is 0. The molecule has 2 aliphatic rings.